The molecule has 0 radical (unpaired) electrons. The quantitative estimate of drug-likeness (QED) is 0.735. The summed E-state index contributed by atoms with van der Waals surface area (Å²) < 4.78 is 42.7. The number of hydrogen-bond donors (Lipinski definition) is 1. The second-order valence-corrected chi connectivity index (χ2v) is 4.12. The van der Waals surface area contributed by atoms with Gasteiger partial charge in [0.25, 0.3) is 0 Å². The number of carbonyl (C=O) groups excluding carboxylic acids is 1. The molecule has 0 saturated heterocycles. The number of hydrogen-bond acceptors (Lipinski definition) is 2. The van der Waals surface area contributed by atoms with Crippen LogP contribution in [-0.4, -0.2) is 17.6 Å². The standard InChI is InChI=1S/C12H8F3NO2/c13-12(14,15)6-1-2-9-8(5-6)7-3-4-18-11(17)10(7)16-9/h1-2,5,16H,3-4H2. The van der Waals surface area contributed by atoms with E-state index >= 15 is 0 Å². The summed E-state index contributed by atoms with van der Waals surface area (Å²) in [7, 11) is 0. The first-order chi connectivity index (χ1) is 8.47. The summed E-state index contributed by atoms with van der Waals surface area (Å²) in [6.07, 6.45) is -3.95. The van der Waals surface area contributed by atoms with Gasteiger partial charge in [-0.3, -0.25) is 0 Å². The molecule has 3 rings (SSSR count). The second-order valence-electron chi connectivity index (χ2n) is 4.12. The maximum Gasteiger partial charge on any atom is 0.416 e. The van der Waals surface area contributed by atoms with E-state index in [1.165, 1.54) is 6.07 Å². The van der Waals surface area contributed by atoms with Crippen LogP contribution < -0.4 is 0 Å². The molecule has 0 fully saturated rings. The first kappa shape index (κ1) is 11.1. The van der Waals surface area contributed by atoms with Crippen molar-refractivity contribution >= 4 is 16.9 Å². The van der Waals surface area contributed by atoms with Crippen molar-refractivity contribution in [3.8, 4) is 0 Å². The van der Waals surface area contributed by atoms with Crippen molar-refractivity contribution in [1.29, 1.82) is 0 Å². The third-order valence-corrected chi connectivity index (χ3v) is 3.02. The van der Waals surface area contributed by atoms with E-state index in [4.69, 9.17) is 4.74 Å². The molecule has 1 aromatic heterocycles. The van der Waals surface area contributed by atoms with Crippen LogP contribution in [0.25, 0.3) is 10.9 Å². The number of cyclic esters (lactones) is 1. The predicted molar refractivity (Wildman–Crippen MR) is 57.3 cm³/mol. The lowest BCUT2D eigenvalue weighted by Crippen LogP contribution is -2.16. The molecule has 3 nitrogen and oxygen atoms in total. The summed E-state index contributed by atoms with van der Waals surface area (Å²) in [5.41, 5.74) is 0.672. The highest BCUT2D eigenvalue weighted by atomic mass is 19.4. The molecule has 94 valence electrons. The Kier molecular flexibility index (Phi) is 2.17. The number of aromatic nitrogens is 1. The summed E-state index contributed by atoms with van der Waals surface area (Å²) >= 11 is 0. The number of aromatic amines is 1. The van der Waals surface area contributed by atoms with Gasteiger partial charge in [-0.15, -0.1) is 0 Å². The van der Waals surface area contributed by atoms with Gasteiger partial charge in [-0.05, 0) is 23.8 Å². The van der Waals surface area contributed by atoms with Gasteiger partial charge in [-0.25, -0.2) is 4.79 Å². The van der Waals surface area contributed by atoms with Crippen LogP contribution >= 0.6 is 0 Å². The fraction of sp³-hybridized carbons (Fsp3) is 0.250. The van der Waals surface area contributed by atoms with E-state index in [2.05, 4.69) is 4.98 Å². The highest BCUT2D eigenvalue weighted by molar-refractivity contribution is 5.99. The van der Waals surface area contributed by atoms with Crippen LogP contribution in [-0.2, 0) is 17.3 Å². The van der Waals surface area contributed by atoms with E-state index in [0.717, 1.165) is 12.1 Å². The lowest BCUT2D eigenvalue weighted by atomic mass is 10.0. The molecule has 1 aromatic carbocycles. The van der Waals surface area contributed by atoms with Gasteiger partial charge in [0.05, 0.1) is 12.2 Å². The monoisotopic (exact) mass is 255 g/mol. The topological polar surface area (TPSA) is 42.1 Å². The molecule has 1 aliphatic rings. The third kappa shape index (κ3) is 1.56. The molecule has 0 atom stereocenters. The molecular formula is C12H8F3NO2. The maximum atomic E-state index is 12.6. The lowest BCUT2D eigenvalue weighted by Gasteiger charge is -2.11. The van der Waals surface area contributed by atoms with E-state index in [1.807, 2.05) is 0 Å². The van der Waals surface area contributed by atoms with E-state index in [0.29, 0.717) is 22.9 Å². The van der Waals surface area contributed by atoms with Crippen molar-refractivity contribution in [3.05, 3.63) is 35.0 Å². The van der Waals surface area contributed by atoms with Gasteiger partial charge in [-0.1, -0.05) is 0 Å². The SMILES string of the molecule is O=C1OCCc2c1[nH]c1ccc(C(F)(F)F)cc21. The Morgan fingerprint density at radius 2 is 2.06 bits per heavy atom. The number of esters is 1. The van der Waals surface area contributed by atoms with Crippen molar-refractivity contribution in [2.45, 2.75) is 12.6 Å². The molecule has 1 N–H and O–H groups in total. The number of nitrogens with one attached hydrogen (secondary N) is 1. The fourth-order valence-corrected chi connectivity index (χ4v) is 2.18. The Morgan fingerprint density at radius 1 is 1.28 bits per heavy atom. The Morgan fingerprint density at radius 3 is 2.78 bits per heavy atom. The number of alkyl halides is 3. The number of fused-ring (bicyclic) bond motifs is 3. The Labute approximate surface area is 99.5 Å². The fourth-order valence-electron chi connectivity index (χ4n) is 2.18. The third-order valence-electron chi connectivity index (χ3n) is 3.02. The summed E-state index contributed by atoms with van der Waals surface area (Å²) in [5.74, 6) is -0.513. The second kappa shape index (κ2) is 3.51. The zero-order chi connectivity index (χ0) is 12.9. The van der Waals surface area contributed by atoms with E-state index in [-0.39, 0.29) is 12.3 Å². The largest absolute Gasteiger partial charge is 0.461 e. The first-order valence-electron chi connectivity index (χ1n) is 5.36. The maximum absolute atomic E-state index is 12.6. The minimum Gasteiger partial charge on any atom is -0.461 e. The van der Waals surface area contributed by atoms with Crippen LogP contribution in [0.15, 0.2) is 18.2 Å². The predicted octanol–water partition coefficient (Wildman–Crippen LogP) is 2.90. The van der Waals surface area contributed by atoms with E-state index < -0.39 is 17.7 Å². The average molecular weight is 255 g/mol. The summed E-state index contributed by atoms with van der Waals surface area (Å²) in [4.78, 5) is 14.3. The average Bonchev–Trinajstić information content (AvgIpc) is 2.67. The van der Waals surface area contributed by atoms with Crippen LogP contribution in [0.3, 0.4) is 0 Å². The number of H-pyrrole nitrogens is 1. The van der Waals surface area contributed by atoms with Crippen molar-refractivity contribution in [2.24, 2.45) is 0 Å². The van der Waals surface area contributed by atoms with Crippen LogP contribution in [0.4, 0.5) is 13.2 Å². The van der Waals surface area contributed by atoms with Gasteiger partial charge < -0.3 is 9.72 Å². The van der Waals surface area contributed by atoms with Crippen LogP contribution in [0, 0.1) is 0 Å². The first-order valence-corrected chi connectivity index (χ1v) is 5.36. The molecule has 0 amide bonds. The Hall–Kier alpha value is -1.98. The molecule has 0 bridgehead atoms. The normalized spacial score (nSPS) is 15.6. The smallest absolute Gasteiger partial charge is 0.416 e. The molecule has 1 aliphatic heterocycles. The summed E-state index contributed by atoms with van der Waals surface area (Å²) in [6.45, 7) is 0.203. The zero-order valence-electron chi connectivity index (χ0n) is 9.10. The number of ether oxygens (including phenoxy) is 1. The van der Waals surface area contributed by atoms with Crippen molar-refractivity contribution in [3.63, 3.8) is 0 Å². The van der Waals surface area contributed by atoms with Crippen LogP contribution in [0.1, 0.15) is 21.6 Å². The number of benzene rings is 1. The van der Waals surface area contributed by atoms with Gasteiger partial charge in [0.15, 0.2) is 0 Å². The van der Waals surface area contributed by atoms with Crippen LogP contribution in [0.5, 0.6) is 0 Å². The molecule has 2 aromatic rings. The molecule has 0 saturated carbocycles. The van der Waals surface area contributed by atoms with Gasteiger partial charge in [0, 0.05) is 17.3 Å². The number of carbonyl (C=O) groups is 1. The summed E-state index contributed by atoms with van der Waals surface area (Å²) in [6, 6.07) is 3.41. The Balaban J connectivity index is 2.25. The molecule has 0 aliphatic carbocycles. The van der Waals surface area contributed by atoms with Gasteiger partial charge >= 0.3 is 12.1 Å². The van der Waals surface area contributed by atoms with Gasteiger partial charge in [0.1, 0.15) is 5.69 Å². The number of halogens is 3. The van der Waals surface area contributed by atoms with Gasteiger partial charge in [0.2, 0.25) is 0 Å². The van der Waals surface area contributed by atoms with E-state index in [1.54, 1.807) is 0 Å². The lowest BCUT2D eigenvalue weighted by molar-refractivity contribution is -0.137. The Bertz CT molecular complexity index is 643. The minimum absolute atomic E-state index is 0.203. The minimum atomic E-state index is -4.38. The van der Waals surface area contributed by atoms with Gasteiger partial charge in [-0.2, -0.15) is 13.2 Å². The van der Waals surface area contributed by atoms with Crippen molar-refractivity contribution in [2.75, 3.05) is 6.61 Å². The number of rotatable bonds is 0. The highest BCUT2D eigenvalue weighted by Crippen LogP contribution is 2.34. The molecule has 0 unspecified atom stereocenters. The van der Waals surface area contributed by atoms with Crippen molar-refractivity contribution < 1.29 is 22.7 Å². The highest BCUT2D eigenvalue weighted by Gasteiger charge is 2.32. The summed E-state index contributed by atoms with van der Waals surface area (Å²) in [5, 5.41) is 0.441. The molecule has 0 spiro atoms. The van der Waals surface area contributed by atoms with E-state index in [9.17, 15) is 18.0 Å². The molecule has 6 heteroatoms. The molecule has 2 heterocycles. The molecular weight excluding hydrogens is 247 g/mol. The van der Waals surface area contributed by atoms with Crippen molar-refractivity contribution in [1.82, 2.24) is 4.98 Å². The molecule has 18 heavy (non-hydrogen) atoms. The zero-order valence-corrected chi connectivity index (χ0v) is 9.10. The van der Waals surface area contributed by atoms with Crippen LogP contribution in [0.2, 0.25) is 0 Å².